The summed E-state index contributed by atoms with van der Waals surface area (Å²) in [7, 11) is 0. The summed E-state index contributed by atoms with van der Waals surface area (Å²) in [6.45, 7) is 5.33. The van der Waals surface area contributed by atoms with E-state index in [0.29, 0.717) is 6.41 Å². The van der Waals surface area contributed by atoms with Crippen LogP contribution in [0.1, 0.15) is 32.4 Å². The van der Waals surface area contributed by atoms with Gasteiger partial charge in [-0.1, -0.05) is 44.2 Å². The molecule has 1 rings (SSSR count). The second kappa shape index (κ2) is 8.36. The van der Waals surface area contributed by atoms with Gasteiger partial charge in [-0.25, -0.2) is 0 Å². The molecule has 0 aliphatic heterocycles. The summed E-state index contributed by atoms with van der Waals surface area (Å²) < 4.78 is 5.96. The second-order valence-corrected chi connectivity index (χ2v) is 5.34. The molecule has 21 heavy (non-hydrogen) atoms. The van der Waals surface area contributed by atoms with Gasteiger partial charge >= 0.3 is 0 Å². The van der Waals surface area contributed by atoms with Crippen LogP contribution < -0.4 is 5.32 Å². The smallest absolute Gasteiger partial charge is 0.229 e. The van der Waals surface area contributed by atoms with Gasteiger partial charge in [0.2, 0.25) is 13.0 Å². The highest BCUT2D eigenvalue weighted by molar-refractivity contribution is 5.47. The van der Waals surface area contributed by atoms with Crippen LogP contribution in [-0.4, -0.2) is 30.0 Å². The predicted molar refractivity (Wildman–Crippen MR) is 79.4 cm³/mol. The zero-order chi connectivity index (χ0) is 15.8. The van der Waals surface area contributed by atoms with E-state index in [9.17, 15) is 14.9 Å². The number of benzene rings is 1. The number of ether oxygens (including phenoxy) is 1. The van der Waals surface area contributed by atoms with Crippen LogP contribution in [0.25, 0.3) is 0 Å². The van der Waals surface area contributed by atoms with Crippen molar-refractivity contribution in [2.45, 2.75) is 39.0 Å². The third kappa shape index (κ3) is 5.51. The van der Waals surface area contributed by atoms with E-state index in [-0.39, 0.29) is 23.4 Å². The molecular formula is C15H22N2O4. The summed E-state index contributed by atoms with van der Waals surface area (Å²) in [5, 5.41) is 13.4. The molecule has 0 saturated heterocycles. The molecule has 0 fully saturated rings. The molecule has 116 valence electrons. The van der Waals surface area contributed by atoms with Gasteiger partial charge in [0.25, 0.3) is 0 Å². The van der Waals surface area contributed by atoms with Crippen LogP contribution >= 0.6 is 0 Å². The van der Waals surface area contributed by atoms with Crippen LogP contribution in [0.5, 0.6) is 0 Å². The van der Waals surface area contributed by atoms with Crippen molar-refractivity contribution in [1.82, 2.24) is 5.32 Å². The molecule has 1 amide bonds. The Hall–Kier alpha value is -1.95. The van der Waals surface area contributed by atoms with Gasteiger partial charge in [0, 0.05) is 4.92 Å². The topological polar surface area (TPSA) is 81.5 Å². The van der Waals surface area contributed by atoms with Gasteiger partial charge in [0.1, 0.15) is 12.2 Å². The Labute approximate surface area is 124 Å². The molecule has 0 spiro atoms. The summed E-state index contributed by atoms with van der Waals surface area (Å²) in [4.78, 5) is 21.1. The highest BCUT2D eigenvalue weighted by atomic mass is 16.6. The van der Waals surface area contributed by atoms with Crippen LogP contribution in [0.3, 0.4) is 0 Å². The number of hydrogen-bond acceptors (Lipinski definition) is 4. The first-order valence-electron chi connectivity index (χ1n) is 6.97. The fourth-order valence-corrected chi connectivity index (χ4v) is 2.07. The Morgan fingerprint density at radius 2 is 1.90 bits per heavy atom. The molecule has 1 N–H and O–H groups in total. The molecule has 0 radical (unpaired) electrons. The number of carbonyl (C=O) groups is 1. The van der Waals surface area contributed by atoms with Gasteiger partial charge in [-0.2, -0.15) is 0 Å². The zero-order valence-electron chi connectivity index (χ0n) is 12.6. The maximum atomic E-state index is 10.8. The van der Waals surface area contributed by atoms with Crippen LogP contribution in [0.2, 0.25) is 0 Å². The van der Waals surface area contributed by atoms with Crippen LogP contribution in [0, 0.1) is 16.0 Å². The van der Waals surface area contributed by atoms with E-state index in [0.717, 1.165) is 5.56 Å². The van der Waals surface area contributed by atoms with Crippen LogP contribution in [0.4, 0.5) is 0 Å². The van der Waals surface area contributed by atoms with Gasteiger partial charge in [-0.15, -0.1) is 0 Å². The lowest BCUT2D eigenvalue weighted by atomic mass is 10.0. The fraction of sp³-hybridized carbons (Fsp3) is 0.533. The van der Waals surface area contributed by atoms with Gasteiger partial charge < -0.3 is 10.1 Å². The minimum Gasteiger partial charge on any atom is -0.361 e. The molecule has 6 heteroatoms. The lowest BCUT2D eigenvalue weighted by Crippen LogP contribution is -2.38. The third-order valence-corrected chi connectivity index (χ3v) is 3.31. The van der Waals surface area contributed by atoms with Crippen molar-refractivity contribution in [3.8, 4) is 0 Å². The van der Waals surface area contributed by atoms with E-state index >= 15 is 0 Å². The van der Waals surface area contributed by atoms with E-state index < -0.39 is 12.2 Å². The highest BCUT2D eigenvalue weighted by Gasteiger charge is 2.28. The number of nitro groups is 1. The minimum atomic E-state index is -0.513. The highest BCUT2D eigenvalue weighted by Crippen LogP contribution is 2.25. The fourth-order valence-electron chi connectivity index (χ4n) is 2.07. The van der Waals surface area contributed by atoms with E-state index in [1.54, 1.807) is 0 Å². The molecule has 0 heterocycles. The Morgan fingerprint density at radius 1 is 1.29 bits per heavy atom. The number of rotatable bonds is 9. The molecule has 0 aliphatic carbocycles. The summed E-state index contributed by atoms with van der Waals surface area (Å²) in [5.41, 5.74) is 0.883. The first kappa shape index (κ1) is 17.1. The van der Waals surface area contributed by atoms with Crippen molar-refractivity contribution in [3.63, 3.8) is 0 Å². The molecular weight excluding hydrogens is 272 g/mol. The number of nitrogens with one attached hydrogen (secondary N) is 1. The van der Waals surface area contributed by atoms with E-state index in [1.165, 1.54) is 0 Å². The van der Waals surface area contributed by atoms with Gasteiger partial charge in [-0.05, 0) is 18.4 Å². The lowest BCUT2D eigenvalue weighted by molar-refractivity contribution is -0.494. The maximum Gasteiger partial charge on any atom is 0.229 e. The van der Waals surface area contributed by atoms with E-state index in [1.807, 2.05) is 51.1 Å². The van der Waals surface area contributed by atoms with Crippen LogP contribution in [0.15, 0.2) is 30.3 Å². The van der Waals surface area contributed by atoms with Crippen molar-refractivity contribution in [2.24, 2.45) is 5.92 Å². The quantitative estimate of drug-likeness (QED) is 0.430. The summed E-state index contributed by atoms with van der Waals surface area (Å²) >= 11 is 0. The predicted octanol–water partition coefficient (Wildman–Crippen LogP) is 2.18. The molecule has 1 aromatic carbocycles. The lowest BCUT2D eigenvalue weighted by Gasteiger charge is -2.29. The first-order chi connectivity index (χ1) is 9.95. The zero-order valence-corrected chi connectivity index (χ0v) is 12.6. The second-order valence-electron chi connectivity index (χ2n) is 5.34. The Morgan fingerprint density at radius 3 is 2.38 bits per heavy atom. The average Bonchev–Trinajstić information content (AvgIpc) is 2.43. The summed E-state index contributed by atoms with van der Waals surface area (Å²) in [6.07, 6.45) is -0.327. The normalized spacial score (nSPS) is 15.2. The summed E-state index contributed by atoms with van der Waals surface area (Å²) in [5.74, 6) is 0.00467. The van der Waals surface area contributed by atoms with Crippen molar-refractivity contribution in [2.75, 3.05) is 6.54 Å². The van der Waals surface area contributed by atoms with Crippen molar-refractivity contribution >= 4 is 6.41 Å². The molecule has 0 aromatic heterocycles. The summed E-state index contributed by atoms with van der Waals surface area (Å²) in [6, 6.07) is 9.12. The first-order valence-corrected chi connectivity index (χ1v) is 6.97. The van der Waals surface area contributed by atoms with Gasteiger partial charge in [0.05, 0.1) is 6.04 Å². The van der Waals surface area contributed by atoms with Crippen molar-refractivity contribution < 1.29 is 14.5 Å². The molecule has 1 aromatic rings. The van der Waals surface area contributed by atoms with E-state index in [4.69, 9.17) is 4.74 Å². The molecule has 0 aliphatic rings. The third-order valence-electron chi connectivity index (χ3n) is 3.31. The molecule has 6 nitrogen and oxygen atoms in total. The molecule has 3 atom stereocenters. The maximum absolute atomic E-state index is 10.8. The molecule has 0 bridgehead atoms. The largest absolute Gasteiger partial charge is 0.361 e. The van der Waals surface area contributed by atoms with Gasteiger partial charge in [0.15, 0.2) is 0 Å². The molecule has 0 unspecified atom stereocenters. The average molecular weight is 294 g/mol. The van der Waals surface area contributed by atoms with E-state index in [2.05, 4.69) is 5.32 Å². The van der Waals surface area contributed by atoms with Crippen molar-refractivity contribution in [1.29, 1.82) is 0 Å². The standard InChI is InChI=1S/C15H22N2O4/c1-11(2)14(9-17(19)20)21-15(12(3)16-10-18)13-7-5-4-6-8-13/h4-8,10-12,14-15H,9H2,1-3H3,(H,16,18)/t12-,14+,15+/m0/s1. The monoisotopic (exact) mass is 294 g/mol. The van der Waals surface area contributed by atoms with Crippen LogP contribution in [-0.2, 0) is 9.53 Å². The minimum absolute atomic E-state index is 0.00467. The molecule has 0 saturated carbocycles. The Bertz CT molecular complexity index is 450. The number of amides is 1. The SMILES string of the molecule is CC(C)[C@@H](C[N+](=O)[O-])O[C@@H](c1ccccc1)[C@H](C)NC=O. The number of hydrogen-bond donors (Lipinski definition) is 1. The number of carbonyl (C=O) groups excluding carboxylic acids is 1. The Balaban J connectivity index is 2.95. The number of nitrogens with zero attached hydrogens (tertiary/aromatic N) is 1. The van der Waals surface area contributed by atoms with Crippen molar-refractivity contribution in [3.05, 3.63) is 46.0 Å². The Kier molecular flexibility index (Phi) is 6.81. The van der Waals surface area contributed by atoms with Gasteiger partial charge in [-0.3, -0.25) is 14.9 Å².